The minimum atomic E-state index is -3.94. The number of primary sulfonamides is 1. The zero-order valence-corrected chi connectivity index (χ0v) is 17.1. The summed E-state index contributed by atoms with van der Waals surface area (Å²) in [4.78, 5) is 37.2. The first-order valence-corrected chi connectivity index (χ1v) is 10.2. The van der Waals surface area contributed by atoms with E-state index in [0.29, 0.717) is 5.01 Å². The van der Waals surface area contributed by atoms with E-state index in [0.717, 1.165) is 24.3 Å². The molecule has 0 aliphatic carbocycles. The maximum Gasteiger partial charge on any atom is 0.282 e. The SMILES string of the molecule is NS(=O)(=O)c1ccc(C(=O)NN2C(=O)c3c(Cl)c(Cl)c(Cl)c(Cl)c3C2=O)cc1. The maximum atomic E-state index is 12.5. The van der Waals surface area contributed by atoms with Gasteiger partial charge in [0.15, 0.2) is 0 Å². The molecule has 28 heavy (non-hydrogen) atoms. The molecule has 0 fully saturated rings. The quantitative estimate of drug-likeness (QED) is 0.395. The summed E-state index contributed by atoms with van der Waals surface area (Å²) in [5, 5.41) is 4.41. The van der Waals surface area contributed by atoms with Crippen LogP contribution in [0.5, 0.6) is 0 Å². The van der Waals surface area contributed by atoms with E-state index in [1.807, 2.05) is 0 Å². The van der Waals surface area contributed by atoms with E-state index >= 15 is 0 Å². The number of hydrazine groups is 1. The summed E-state index contributed by atoms with van der Waals surface area (Å²) in [6.07, 6.45) is 0. The number of rotatable bonds is 3. The summed E-state index contributed by atoms with van der Waals surface area (Å²) in [5.41, 5.74) is 1.47. The fraction of sp³-hybridized carbons (Fsp3) is 0. The Morgan fingerprint density at radius 3 is 1.68 bits per heavy atom. The smallest absolute Gasteiger partial charge is 0.267 e. The van der Waals surface area contributed by atoms with Gasteiger partial charge in [0.2, 0.25) is 10.0 Å². The number of nitrogens with two attached hydrogens (primary N) is 1. The average Bonchev–Trinajstić information content (AvgIpc) is 2.88. The highest BCUT2D eigenvalue weighted by Crippen LogP contribution is 2.44. The number of sulfonamides is 1. The van der Waals surface area contributed by atoms with Crippen LogP contribution >= 0.6 is 46.4 Å². The first-order chi connectivity index (χ1) is 12.9. The summed E-state index contributed by atoms with van der Waals surface area (Å²) in [5.74, 6) is -2.79. The van der Waals surface area contributed by atoms with Crippen molar-refractivity contribution in [3.8, 4) is 0 Å². The number of nitrogens with zero attached hydrogens (tertiary/aromatic N) is 1. The second kappa shape index (κ2) is 7.18. The van der Waals surface area contributed by atoms with Crippen molar-refractivity contribution in [3.05, 3.63) is 61.0 Å². The average molecular weight is 483 g/mol. The van der Waals surface area contributed by atoms with Crippen LogP contribution in [0.4, 0.5) is 0 Å². The van der Waals surface area contributed by atoms with Gasteiger partial charge >= 0.3 is 0 Å². The number of carbonyl (C=O) groups is 3. The summed E-state index contributed by atoms with van der Waals surface area (Å²) < 4.78 is 22.5. The van der Waals surface area contributed by atoms with Crippen molar-refractivity contribution >= 4 is 74.1 Å². The maximum absolute atomic E-state index is 12.5. The molecule has 0 saturated carbocycles. The molecule has 3 amide bonds. The molecule has 2 aromatic carbocycles. The van der Waals surface area contributed by atoms with Crippen LogP contribution in [0.3, 0.4) is 0 Å². The van der Waals surface area contributed by atoms with Gasteiger partial charge in [-0.1, -0.05) is 46.4 Å². The molecule has 3 rings (SSSR count). The van der Waals surface area contributed by atoms with Crippen LogP contribution in [-0.2, 0) is 10.0 Å². The van der Waals surface area contributed by atoms with E-state index in [1.54, 1.807) is 0 Å². The fourth-order valence-electron chi connectivity index (χ4n) is 2.41. The van der Waals surface area contributed by atoms with E-state index in [4.69, 9.17) is 51.5 Å². The van der Waals surface area contributed by atoms with E-state index in [2.05, 4.69) is 5.43 Å². The monoisotopic (exact) mass is 481 g/mol. The Morgan fingerprint density at radius 2 is 1.29 bits per heavy atom. The number of fused-ring (bicyclic) bond motifs is 1. The van der Waals surface area contributed by atoms with Crippen LogP contribution in [0.1, 0.15) is 31.1 Å². The molecule has 1 aliphatic rings. The molecular weight excluding hydrogens is 476 g/mol. The summed E-state index contributed by atoms with van der Waals surface area (Å²) in [6, 6.07) is 4.50. The second-order valence-corrected chi connectivity index (χ2v) is 8.54. The van der Waals surface area contributed by atoms with Crippen LogP contribution < -0.4 is 10.6 Å². The topological polar surface area (TPSA) is 127 Å². The highest BCUT2D eigenvalue weighted by atomic mass is 35.5. The van der Waals surface area contributed by atoms with Gasteiger partial charge in [0, 0.05) is 5.56 Å². The molecule has 1 heterocycles. The Kier molecular flexibility index (Phi) is 5.34. The standard InChI is InChI=1S/C15H7Cl4N3O5S/c16-9-7-8(10(17)12(19)11(9)18)15(25)22(14(7)24)21-13(23)5-1-3-6(4-2-5)28(20,26)27/h1-4H,(H,21,23)(H2,20,26,27). The number of carbonyl (C=O) groups excluding carboxylic acids is 3. The molecule has 0 spiro atoms. The van der Waals surface area contributed by atoms with Crippen molar-refractivity contribution in [1.29, 1.82) is 0 Å². The Balaban J connectivity index is 1.93. The lowest BCUT2D eigenvalue weighted by Crippen LogP contribution is -2.45. The lowest BCUT2D eigenvalue weighted by Gasteiger charge is -2.15. The lowest BCUT2D eigenvalue weighted by atomic mass is 10.1. The van der Waals surface area contributed by atoms with Gasteiger partial charge in [0.1, 0.15) is 0 Å². The predicted octanol–water partition coefficient (Wildman–Crippen LogP) is 2.89. The van der Waals surface area contributed by atoms with Gasteiger partial charge in [-0.25, -0.2) is 13.6 Å². The van der Waals surface area contributed by atoms with Crippen LogP contribution in [0, 0.1) is 0 Å². The summed E-state index contributed by atoms with van der Waals surface area (Å²) in [7, 11) is -3.94. The molecule has 0 saturated heterocycles. The molecule has 0 aromatic heterocycles. The van der Waals surface area contributed by atoms with Crippen molar-refractivity contribution < 1.29 is 22.8 Å². The van der Waals surface area contributed by atoms with E-state index in [1.165, 1.54) is 0 Å². The van der Waals surface area contributed by atoms with Crippen LogP contribution in [0.25, 0.3) is 0 Å². The molecule has 13 heteroatoms. The minimum Gasteiger partial charge on any atom is -0.267 e. The molecule has 2 aromatic rings. The van der Waals surface area contributed by atoms with Gasteiger partial charge in [0.05, 0.1) is 36.1 Å². The molecule has 8 nitrogen and oxygen atoms in total. The number of imide groups is 1. The number of amides is 3. The van der Waals surface area contributed by atoms with E-state index in [-0.39, 0.29) is 41.7 Å². The molecule has 1 aliphatic heterocycles. The molecule has 0 unspecified atom stereocenters. The van der Waals surface area contributed by atoms with Gasteiger partial charge in [-0.3, -0.25) is 19.8 Å². The van der Waals surface area contributed by atoms with Crippen molar-refractivity contribution in [2.45, 2.75) is 4.90 Å². The van der Waals surface area contributed by atoms with Gasteiger partial charge < -0.3 is 0 Å². The lowest BCUT2D eigenvalue weighted by molar-refractivity contribution is 0.0518. The van der Waals surface area contributed by atoms with E-state index < -0.39 is 27.7 Å². The number of benzene rings is 2. The largest absolute Gasteiger partial charge is 0.282 e. The highest BCUT2D eigenvalue weighted by Gasteiger charge is 2.42. The third-order valence-corrected chi connectivity index (χ3v) is 6.49. The highest BCUT2D eigenvalue weighted by molar-refractivity contribution is 7.89. The van der Waals surface area contributed by atoms with Crippen molar-refractivity contribution in [2.24, 2.45) is 5.14 Å². The van der Waals surface area contributed by atoms with Crippen LogP contribution in [0.2, 0.25) is 20.1 Å². The zero-order chi connectivity index (χ0) is 21.0. The van der Waals surface area contributed by atoms with Crippen molar-refractivity contribution in [3.63, 3.8) is 0 Å². The molecule has 0 atom stereocenters. The van der Waals surface area contributed by atoms with Gasteiger partial charge in [-0.05, 0) is 24.3 Å². The Labute approximate surface area is 178 Å². The number of nitrogens with one attached hydrogen (secondary N) is 1. The number of hydrogen-bond donors (Lipinski definition) is 2. The van der Waals surface area contributed by atoms with Gasteiger partial charge in [-0.2, -0.15) is 5.01 Å². The summed E-state index contributed by atoms with van der Waals surface area (Å²) in [6.45, 7) is 0. The third kappa shape index (κ3) is 3.34. The molecule has 0 radical (unpaired) electrons. The van der Waals surface area contributed by atoms with Gasteiger partial charge in [-0.15, -0.1) is 0 Å². The third-order valence-electron chi connectivity index (χ3n) is 3.76. The minimum absolute atomic E-state index is 0.0442. The summed E-state index contributed by atoms with van der Waals surface area (Å²) >= 11 is 23.8. The van der Waals surface area contributed by atoms with Crippen LogP contribution in [-0.4, -0.2) is 31.1 Å². The van der Waals surface area contributed by atoms with E-state index in [9.17, 15) is 22.8 Å². The molecule has 146 valence electrons. The first-order valence-electron chi connectivity index (χ1n) is 7.13. The Bertz CT molecular complexity index is 1120. The van der Waals surface area contributed by atoms with Gasteiger partial charge in [0.25, 0.3) is 17.7 Å². The van der Waals surface area contributed by atoms with Crippen molar-refractivity contribution in [1.82, 2.24) is 10.4 Å². The van der Waals surface area contributed by atoms with Crippen molar-refractivity contribution in [2.75, 3.05) is 0 Å². The Hall–Kier alpha value is -1.88. The molecular formula is C15H7Cl4N3O5S. The van der Waals surface area contributed by atoms with Crippen LogP contribution in [0.15, 0.2) is 29.2 Å². The number of halogens is 4. The fourth-order valence-corrected chi connectivity index (χ4v) is 3.94. The normalized spacial score (nSPS) is 13.7. The molecule has 3 N–H and O–H groups in total. The Morgan fingerprint density at radius 1 is 0.857 bits per heavy atom. The molecule has 0 bridgehead atoms. The first kappa shape index (κ1) is 20.8. The zero-order valence-electron chi connectivity index (χ0n) is 13.3. The predicted molar refractivity (Wildman–Crippen MR) is 102 cm³/mol. The second-order valence-electron chi connectivity index (χ2n) is 5.46. The number of hydrogen-bond acceptors (Lipinski definition) is 5.